The highest BCUT2D eigenvalue weighted by Gasteiger charge is 2.19. The summed E-state index contributed by atoms with van der Waals surface area (Å²) in [6, 6.07) is 12.2. The lowest BCUT2D eigenvalue weighted by atomic mass is 10.0. The van der Waals surface area contributed by atoms with Crippen LogP contribution >= 0.6 is 0 Å². The number of carbonyl (C=O) groups is 1. The molecular formula is C25H24FN5O. The zero-order valence-electron chi connectivity index (χ0n) is 18.2. The fraction of sp³-hybridized carbons (Fsp3) is 0.280. The number of fused-ring (bicyclic) bond motifs is 2. The van der Waals surface area contributed by atoms with Crippen LogP contribution in [0.25, 0.3) is 22.3 Å². The van der Waals surface area contributed by atoms with Gasteiger partial charge >= 0.3 is 0 Å². The maximum Gasteiger partial charge on any atom is 0.256 e. The number of amides is 1. The van der Waals surface area contributed by atoms with Crippen LogP contribution in [0.15, 0.2) is 42.5 Å². The number of hydrogen-bond donors (Lipinski definition) is 1. The molecule has 4 aromatic rings. The topological polar surface area (TPSA) is 72.7 Å². The predicted octanol–water partition coefficient (Wildman–Crippen LogP) is 5.23. The number of anilines is 1. The number of nitrogens with zero attached hydrogens (tertiary/aromatic N) is 4. The summed E-state index contributed by atoms with van der Waals surface area (Å²) in [5.74, 6) is 0.797. The number of aryl methyl sites for hydroxylation is 3. The standard InChI is InChI=1S/C25H24FN5O/c1-15-7-10-21-18(12-15)19(13-16(2)27-21)25(32)28-22-14-17(8-9-20(22)26)24-30-29-23-6-4-3-5-11-31(23)24/h7-10,12-14H,3-6,11H2,1-2H3,(H,28,32). The Hall–Kier alpha value is -3.61. The highest BCUT2D eigenvalue weighted by atomic mass is 19.1. The Labute approximate surface area is 185 Å². The summed E-state index contributed by atoms with van der Waals surface area (Å²) >= 11 is 0. The smallest absolute Gasteiger partial charge is 0.256 e. The van der Waals surface area contributed by atoms with E-state index in [0.29, 0.717) is 11.4 Å². The van der Waals surface area contributed by atoms with E-state index in [1.165, 1.54) is 6.07 Å². The first-order valence-corrected chi connectivity index (χ1v) is 10.9. The molecule has 0 saturated carbocycles. The summed E-state index contributed by atoms with van der Waals surface area (Å²) in [7, 11) is 0. The van der Waals surface area contributed by atoms with Crippen molar-refractivity contribution in [1.82, 2.24) is 19.7 Å². The minimum atomic E-state index is -0.496. The van der Waals surface area contributed by atoms with Crippen molar-refractivity contribution in [1.29, 1.82) is 0 Å². The average Bonchev–Trinajstić information content (AvgIpc) is 3.03. The summed E-state index contributed by atoms with van der Waals surface area (Å²) < 4.78 is 16.8. The number of benzene rings is 2. The van der Waals surface area contributed by atoms with E-state index in [4.69, 9.17) is 0 Å². The van der Waals surface area contributed by atoms with Crippen LogP contribution in [0.2, 0.25) is 0 Å². The third-order valence-electron chi connectivity index (χ3n) is 5.92. The lowest BCUT2D eigenvalue weighted by Crippen LogP contribution is -2.14. The van der Waals surface area contributed by atoms with Gasteiger partial charge in [-0.25, -0.2) is 4.39 Å². The van der Waals surface area contributed by atoms with Crippen LogP contribution in [0.4, 0.5) is 10.1 Å². The molecule has 0 bridgehead atoms. The van der Waals surface area contributed by atoms with E-state index in [2.05, 4.69) is 25.1 Å². The number of carbonyl (C=O) groups excluding carboxylic acids is 1. The Bertz CT molecular complexity index is 1340. The van der Waals surface area contributed by atoms with Crippen molar-refractivity contribution in [2.24, 2.45) is 0 Å². The Morgan fingerprint density at radius 3 is 2.78 bits per heavy atom. The van der Waals surface area contributed by atoms with Crippen LogP contribution in [0.1, 0.15) is 46.7 Å². The molecule has 1 aliphatic heterocycles. The fourth-order valence-electron chi connectivity index (χ4n) is 4.31. The van der Waals surface area contributed by atoms with Crippen molar-refractivity contribution in [2.45, 2.75) is 46.1 Å². The molecular weight excluding hydrogens is 405 g/mol. The van der Waals surface area contributed by atoms with Crippen molar-refractivity contribution in [2.75, 3.05) is 5.32 Å². The highest BCUT2D eigenvalue weighted by molar-refractivity contribution is 6.12. The summed E-state index contributed by atoms with van der Waals surface area (Å²) in [4.78, 5) is 17.7. The number of halogens is 1. The average molecular weight is 429 g/mol. The summed E-state index contributed by atoms with van der Waals surface area (Å²) in [6.45, 7) is 4.65. The van der Waals surface area contributed by atoms with Gasteiger partial charge in [-0.15, -0.1) is 10.2 Å². The van der Waals surface area contributed by atoms with Crippen LogP contribution in [0.3, 0.4) is 0 Å². The van der Waals surface area contributed by atoms with Gasteiger partial charge in [0.2, 0.25) is 0 Å². The van der Waals surface area contributed by atoms with Crippen molar-refractivity contribution in [3.05, 3.63) is 70.9 Å². The Kier molecular flexibility index (Phi) is 5.17. The van der Waals surface area contributed by atoms with Crippen molar-refractivity contribution >= 4 is 22.5 Å². The van der Waals surface area contributed by atoms with Crippen molar-refractivity contribution in [3.63, 3.8) is 0 Å². The number of nitrogens with one attached hydrogen (secondary N) is 1. The third-order valence-corrected chi connectivity index (χ3v) is 5.92. The molecule has 162 valence electrons. The molecule has 0 fully saturated rings. The monoisotopic (exact) mass is 429 g/mol. The molecule has 5 rings (SSSR count). The maximum atomic E-state index is 14.7. The molecule has 3 heterocycles. The number of pyridine rings is 1. The minimum absolute atomic E-state index is 0.119. The van der Waals surface area contributed by atoms with E-state index in [0.717, 1.165) is 65.8 Å². The Morgan fingerprint density at radius 1 is 1.03 bits per heavy atom. The molecule has 6 nitrogen and oxygen atoms in total. The molecule has 1 aliphatic rings. The Morgan fingerprint density at radius 2 is 1.91 bits per heavy atom. The first-order chi connectivity index (χ1) is 15.5. The van der Waals surface area contributed by atoms with Gasteiger partial charge in [0, 0.05) is 29.6 Å². The first kappa shape index (κ1) is 20.3. The minimum Gasteiger partial charge on any atom is -0.319 e. The van der Waals surface area contributed by atoms with Gasteiger partial charge in [0.15, 0.2) is 5.82 Å². The fourth-order valence-corrected chi connectivity index (χ4v) is 4.31. The van der Waals surface area contributed by atoms with E-state index in [9.17, 15) is 9.18 Å². The van der Waals surface area contributed by atoms with Gasteiger partial charge in [0.1, 0.15) is 11.6 Å². The van der Waals surface area contributed by atoms with E-state index < -0.39 is 5.82 Å². The van der Waals surface area contributed by atoms with Crippen LogP contribution in [-0.2, 0) is 13.0 Å². The van der Waals surface area contributed by atoms with Crippen molar-refractivity contribution in [3.8, 4) is 11.4 Å². The molecule has 1 N–H and O–H groups in total. The molecule has 0 saturated heterocycles. The van der Waals surface area contributed by atoms with Crippen LogP contribution in [-0.4, -0.2) is 25.7 Å². The van der Waals surface area contributed by atoms with E-state index in [1.807, 2.05) is 32.0 Å². The second-order valence-electron chi connectivity index (χ2n) is 8.38. The molecule has 0 atom stereocenters. The zero-order chi connectivity index (χ0) is 22.2. The number of hydrogen-bond acceptors (Lipinski definition) is 4. The maximum absolute atomic E-state index is 14.7. The molecule has 32 heavy (non-hydrogen) atoms. The normalized spacial score (nSPS) is 13.6. The molecule has 2 aromatic carbocycles. The van der Waals surface area contributed by atoms with Gasteiger partial charge < -0.3 is 9.88 Å². The zero-order valence-corrected chi connectivity index (χ0v) is 18.2. The predicted molar refractivity (Wildman–Crippen MR) is 122 cm³/mol. The van der Waals surface area contributed by atoms with Gasteiger partial charge in [-0.3, -0.25) is 9.78 Å². The summed E-state index contributed by atoms with van der Waals surface area (Å²) in [5.41, 5.74) is 3.81. The molecule has 2 aromatic heterocycles. The largest absolute Gasteiger partial charge is 0.319 e. The van der Waals surface area contributed by atoms with Crippen LogP contribution in [0.5, 0.6) is 0 Å². The summed E-state index contributed by atoms with van der Waals surface area (Å²) in [6.07, 6.45) is 4.22. The molecule has 1 amide bonds. The number of aromatic nitrogens is 4. The van der Waals surface area contributed by atoms with Gasteiger partial charge in [-0.1, -0.05) is 18.1 Å². The quantitative estimate of drug-likeness (QED) is 0.484. The molecule has 0 radical (unpaired) electrons. The van der Waals surface area contributed by atoms with Gasteiger partial charge in [0.05, 0.1) is 16.8 Å². The highest BCUT2D eigenvalue weighted by Crippen LogP contribution is 2.28. The summed E-state index contributed by atoms with van der Waals surface area (Å²) in [5, 5.41) is 12.2. The van der Waals surface area contributed by atoms with Crippen molar-refractivity contribution < 1.29 is 9.18 Å². The van der Waals surface area contributed by atoms with Gasteiger partial charge in [0.25, 0.3) is 5.91 Å². The van der Waals surface area contributed by atoms with E-state index >= 15 is 0 Å². The lowest BCUT2D eigenvalue weighted by molar-refractivity contribution is 0.102. The molecule has 7 heteroatoms. The molecule has 0 aliphatic carbocycles. The second-order valence-corrected chi connectivity index (χ2v) is 8.38. The first-order valence-electron chi connectivity index (χ1n) is 10.9. The third kappa shape index (κ3) is 3.75. The van der Waals surface area contributed by atoms with Gasteiger partial charge in [-0.2, -0.15) is 0 Å². The second kappa shape index (κ2) is 8.15. The molecule has 0 unspecified atom stereocenters. The van der Waals surface area contributed by atoms with Crippen LogP contribution < -0.4 is 5.32 Å². The van der Waals surface area contributed by atoms with Crippen LogP contribution in [0, 0.1) is 19.7 Å². The van der Waals surface area contributed by atoms with E-state index in [-0.39, 0.29) is 11.6 Å². The Balaban J connectivity index is 1.51. The van der Waals surface area contributed by atoms with E-state index in [1.54, 1.807) is 18.2 Å². The van der Waals surface area contributed by atoms with Gasteiger partial charge in [-0.05, 0) is 63.1 Å². The SMILES string of the molecule is Cc1ccc2nc(C)cc(C(=O)Nc3cc(-c4nnc5n4CCCCC5)ccc3F)c2c1. The molecule has 0 spiro atoms. The lowest BCUT2D eigenvalue weighted by Gasteiger charge is -2.12. The number of rotatable bonds is 3.